The first kappa shape index (κ1) is 15.0. The summed E-state index contributed by atoms with van der Waals surface area (Å²) in [4.78, 5) is 29.6. The van der Waals surface area contributed by atoms with Crippen LogP contribution in [0, 0.1) is 5.82 Å². The zero-order chi connectivity index (χ0) is 16.6. The Morgan fingerprint density at radius 2 is 1.74 bits per heavy atom. The van der Waals surface area contributed by atoms with Crippen LogP contribution in [0.15, 0.2) is 53.3 Å². The summed E-state index contributed by atoms with van der Waals surface area (Å²) in [6, 6.07) is 12.4. The predicted molar refractivity (Wildman–Crippen MR) is 88.7 cm³/mol. The van der Waals surface area contributed by atoms with Crippen molar-refractivity contribution >= 4 is 22.4 Å². The second-order valence-corrected chi connectivity index (χ2v) is 5.46. The highest BCUT2D eigenvalue weighted by Crippen LogP contribution is 2.26. The van der Waals surface area contributed by atoms with Gasteiger partial charge in [-0.05, 0) is 18.2 Å². The van der Waals surface area contributed by atoms with Gasteiger partial charge in [0.15, 0.2) is 5.78 Å². The van der Waals surface area contributed by atoms with Gasteiger partial charge in [0.1, 0.15) is 11.6 Å². The number of ketones is 1. The van der Waals surface area contributed by atoms with Crippen LogP contribution in [0.3, 0.4) is 0 Å². The van der Waals surface area contributed by atoms with E-state index in [-0.39, 0.29) is 16.9 Å². The molecule has 116 valence electrons. The molecular formula is C18H15FN2O2. The average Bonchev–Trinajstić information content (AvgIpc) is 2.54. The minimum absolute atomic E-state index is 0.241. The second kappa shape index (κ2) is 5.68. The number of halogens is 1. The summed E-state index contributed by atoms with van der Waals surface area (Å²) >= 11 is 0. The lowest BCUT2D eigenvalue weighted by atomic mass is 9.98. The molecule has 0 unspecified atom stereocenters. The van der Waals surface area contributed by atoms with Gasteiger partial charge in [-0.2, -0.15) is 0 Å². The van der Waals surface area contributed by atoms with E-state index >= 15 is 0 Å². The fourth-order valence-electron chi connectivity index (χ4n) is 2.60. The van der Waals surface area contributed by atoms with Crippen molar-refractivity contribution in [2.75, 3.05) is 19.0 Å². The fraction of sp³-hybridized carbons (Fsp3) is 0.111. The molecule has 0 aliphatic carbocycles. The van der Waals surface area contributed by atoms with Crippen molar-refractivity contribution in [3.63, 3.8) is 0 Å². The number of benzene rings is 2. The van der Waals surface area contributed by atoms with Crippen LogP contribution in [0.2, 0.25) is 0 Å². The second-order valence-electron chi connectivity index (χ2n) is 5.46. The molecule has 1 aromatic heterocycles. The van der Waals surface area contributed by atoms with Gasteiger partial charge in [-0.15, -0.1) is 0 Å². The van der Waals surface area contributed by atoms with Crippen molar-refractivity contribution in [1.82, 2.24) is 4.98 Å². The highest BCUT2D eigenvalue weighted by molar-refractivity contribution is 6.19. The van der Waals surface area contributed by atoms with Gasteiger partial charge < -0.3 is 9.88 Å². The zero-order valence-electron chi connectivity index (χ0n) is 12.8. The molecule has 0 amide bonds. The summed E-state index contributed by atoms with van der Waals surface area (Å²) < 4.78 is 13.5. The Morgan fingerprint density at radius 3 is 2.39 bits per heavy atom. The number of rotatable bonds is 3. The van der Waals surface area contributed by atoms with Gasteiger partial charge in [0.05, 0.1) is 5.56 Å². The Morgan fingerprint density at radius 1 is 1.04 bits per heavy atom. The zero-order valence-corrected chi connectivity index (χ0v) is 12.8. The number of carbonyl (C=O) groups excluding carboxylic acids is 1. The number of nitrogens with zero attached hydrogens (tertiary/aromatic N) is 1. The standard InChI is InChI=1S/C18H15FN2O2/c1-21(2)17-15(16(22)11-6-5-7-12(19)10-11)13-8-3-4-9-14(13)18(23)20-17/h3-10H,1-2H3,(H,20,23). The molecule has 0 saturated heterocycles. The van der Waals surface area contributed by atoms with Gasteiger partial charge >= 0.3 is 0 Å². The van der Waals surface area contributed by atoms with E-state index in [0.29, 0.717) is 22.2 Å². The molecule has 0 aliphatic heterocycles. The Labute approximate surface area is 132 Å². The largest absolute Gasteiger partial charge is 0.364 e. The van der Waals surface area contributed by atoms with Crippen molar-refractivity contribution in [1.29, 1.82) is 0 Å². The lowest BCUT2D eigenvalue weighted by molar-refractivity contribution is 0.104. The number of carbonyl (C=O) groups is 1. The molecule has 0 fully saturated rings. The number of nitrogens with one attached hydrogen (secondary N) is 1. The lowest BCUT2D eigenvalue weighted by Gasteiger charge is -2.18. The van der Waals surface area contributed by atoms with Crippen LogP contribution in [-0.2, 0) is 0 Å². The van der Waals surface area contributed by atoms with E-state index in [4.69, 9.17) is 0 Å². The average molecular weight is 310 g/mol. The molecule has 3 aromatic rings. The smallest absolute Gasteiger partial charge is 0.257 e. The SMILES string of the molecule is CN(C)c1[nH]c(=O)c2ccccc2c1C(=O)c1cccc(F)c1. The van der Waals surface area contributed by atoms with Gasteiger partial charge in [0, 0.05) is 30.4 Å². The van der Waals surface area contributed by atoms with Crippen molar-refractivity contribution in [3.8, 4) is 0 Å². The van der Waals surface area contributed by atoms with E-state index in [1.807, 2.05) is 0 Å². The minimum Gasteiger partial charge on any atom is -0.364 e. The van der Waals surface area contributed by atoms with E-state index in [0.717, 1.165) is 0 Å². The van der Waals surface area contributed by atoms with E-state index in [1.54, 1.807) is 49.3 Å². The molecule has 4 nitrogen and oxygen atoms in total. The Kier molecular flexibility index (Phi) is 3.70. The lowest BCUT2D eigenvalue weighted by Crippen LogP contribution is -2.22. The number of pyridine rings is 1. The van der Waals surface area contributed by atoms with Crippen molar-refractivity contribution in [3.05, 3.63) is 75.8 Å². The van der Waals surface area contributed by atoms with Crippen LogP contribution < -0.4 is 10.5 Å². The Hall–Kier alpha value is -2.95. The fourth-order valence-corrected chi connectivity index (χ4v) is 2.60. The van der Waals surface area contributed by atoms with Crippen molar-refractivity contribution in [2.24, 2.45) is 0 Å². The van der Waals surface area contributed by atoms with Crippen LogP contribution >= 0.6 is 0 Å². The highest BCUT2D eigenvalue weighted by atomic mass is 19.1. The quantitative estimate of drug-likeness (QED) is 0.757. The molecule has 0 atom stereocenters. The first-order valence-corrected chi connectivity index (χ1v) is 7.11. The number of H-pyrrole nitrogens is 1. The van der Waals surface area contributed by atoms with Crippen LogP contribution in [0.25, 0.3) is 10.8 Å². The van der Waals surface area contributed by atoms with Gasteiger partial charge in [-0.1, -0.05) is 30.3 Å². The number of anilines is 1. The van der Waals surface area contributed by atoms with Gasteiger partial charge in [-0.25, -0.2) is 4.39 Å². The molecule has 1 heterocycles. The third kappa shape index (κ3) is 2.61. The molecule has 0 saturated carbocycles. The number of hydrogen-bond acceptors (Lipinski definition) is 3. The van der Waals surface area contributed by atoms with Gasteiger partial charge in [0.25, 0.3) is 5.56 Å². The third-order valence-corrected chi connectivity index (χ3v) is 3.67. The number of fused-ring (bicyclic) bond motifs is 1. The van der Waals surface area contributed by atoms with E-state index in [2.05, 4.69) is 4.98 Å². The summed E-state index contributed by atoms with van der Waals surface area (Å²) in [6.45, 7) is 0. The molecule has 23 heavy (non-hydrogen) atoms. The van der Waals surface area contributed by atoms with Crippen molar-refractivity contribution in [2.45, 2.75) is 0 Å². The molecule has 0 radical (unpaired) electrons. The number of aromatic amines is 1. The van der Waals surface area contributed by atoms with E-state index in [1.165, 1.54) is 18.2 Å². The molecular weight excluding hydrogens is 295 g/mol. The van der Waals surface area contributed by atoms with Crippen LogP contribution in [0.1, 0.15) is 15.9 Å². The Balaban J connectivity index is 2.35. The van der Waals surface area contributed by atoms with Crippen molar-refractivity contribution < 1.29 is 9.18 Å². The number of hydrogen-bond donors (Lipinski definition) is 1. The summed E-state index contributed by atoms with van der Waals surface area (Å²) in [5.41, 5.74) is 0.334. The highest BCUT2D eigenvalue weighted by Gasteiger charge is 2.20. The summed E-state index contributed by atoms with van der Waals surface area (Å²) in [5.74, 6) is -0.403. The minimum atomic E-state index is -0.476. The summed E-state index contributed by atoms with van der Waals surface area (Å²) in [7, 11) is 3.48. The maximum absolute atomic E-state index is 13.5. The first-order valence-electron chi connectivity index (χ1n) is 7.11. The first-order chi connectivity index (χ1) is 11.0. The third-order valence-electron chi connectivity index (χ3n) is 3.67. The maximum Gasteiger partial charge on any atom is 0.257 e. The molecule has 0 spiro atoms. The van der Waals surface area contributed by atoms with E-state index in [9.17, 15) is 14.0 Å². The summed E-state index contributed by atoms with van der Waals surface area (Å²) in [6.07, 6.45) is 0. The predicted octanol–water partition coefficient (Wildman–Crippen LogP) is 2.96. The van der Waals surface area contributed by atoms with Crippen LogP contribution in [0.5, 0.6) is 0 Å². The Bertz CT molecular complexity index is 961. The normalized spacial score (nSPS) is 10.7. The van der Waals surface area contributed by atoms with Gasteiger partial charge in [-0.3, -0.25) is 9.59 Å². The van der Waals surface area contributed by atoms with Gasteiger partial charge in [0.2, 0.25) is 0 Å². The molecule has 1 N–H and O–H groups in total. The maximum atomic E-state index is 13.5. The number of aromatic nitrogens is 1. The molecule has 5 heteroatoms. The molecule has 2 aromatic carbocycles. The molecule has 0 bridgehead atoms. The summed E-state index contributed by atoms with van der Waals surface area (Å²) in [5, 5.41) is 0.979. The van der Waals surface area contributed by atoms with Crippen LogP contribution in [-0.4, -0.2) is 24.9 Å². The molecule has 0 aliphatic rings. The van der Waals surface area contributed by atoms with E-state index < -0.39 is 5.82 Å². The monoisotopic (exact) mass is 310 g/mol. The van der Waals surface area contributed by atoms with Crippen LogP contribution in [0.4, 0.5) is 10.2 Å². The molecule has 3 rings (SSSR count). The topological polar surface area (TPSA) is 53.2 Å².